The lowest BCUT2D eigenvalue weighted by Crippen LogP contribution is -2.23. The number of ether oxygens (including phenoxy) is 1. The van der Waals surface area contributed by atoms with E-state index in [4.69, 9.17) is 16.3 Å². The first-order chi connectivity index (χ1) is 9.22. The molecule has 4 nitrogen and oxygen atoms in total. The van der Waals surface area contributed by atoms with Crippen LogP contribution in [0.15, 0.2) is 42.7 Å². The monoisotopic (exact) mass is 276 g/mol. The second-order valence-corrected chi connectivity index (χ2v) is 4.25. The minimum absolute atomic E-state index is 0.177. The van der Waals surface area contributed by atoms with Crippen LogP contribution in [-0.2, 0) is 6.54 Å². The van der Waals surface area contributed by atoms with E-state index < -0.39 is 0 Å². The highest BCUT2D eigenvalue weighted by atomic mass is 35.5. The molecule has 0 saturated carbocycles. The summed E-state index contributed by atoms with van der Waals surface area (Å²) in [6.45, 7) is 0.310. The smallest absolute Gasteiger partial charge is 0.251 e. The van der Waals surface area contributed by atoms with E-state index in [0.29, 0.717) is 22.9 Å². The lowest BCUT2D eigenvalue weighted by molar-refractivity contribution is 0.0950. The quantitative estimate of drug-likeness (QED) is 0.934. The standard InChI is InChI=1S/C14H13ClN2O2/c1-19-13-4-2-3-12(15)11(13)9-17-14(18)10-5-7-16-8-6-10/h2-8H,9H2,1H3,(H,17,18). The number of hydrogen-bond acceptors (Lipinski definition) is 3. The van der Waals surface area contributed by atoms with Gasteiger partial charge >= 0.3 is 0 Å². The molecule has 0 aliphatic heterocycles. The van der Waals surface area contributed by atoms with Crippen molar-refractivity contribution < 1.29 is 9.53 Å². The summed E-state index contributed by atoms with van der Waals surface area (Å²) in [4.78, 5) is 15.8. The number of carbonyl (C=O) groups excluding carboxylic acids is 1. The third-order valence-corrected chi connectivity index (χ3v) is 3.02. The van der Waals surface area contributed by atoms with Crippen molar-refractivity contribution in [3.8, 4) is 5.75 Å². The van der Waals surface area contributed by atoms with Crippen LogP contribution in [0.3, 0.4) is 0 Å². The highest BCUT2D eigenvalue weighted by Gasteiger charge is 2.10. The van der Waals surface area contributed by atoms with Crippen molar-refractivity contribution in [1.82, 2.24) is 10.3 Å². The molecule has 0 fully saturated rings. The Bertz CT molecular complexity index is 573. The number of aromatic nitrogens is 1. The fourth-order valence-electron chi connectivity index (χ4n) is 1.68. The number of benzene rings is 1. The molecule has 0 bridgehead atoms. The average Bonchev–Trinajstić information content (AvgIpc) is 2.46. The Morgan fingerprint density at radius 2 is 2.05 bits per heavy atom. The van der Waals surface area contributed by atoms with Crippen LogP contribution in [0.5, 0.6) is 5.75 Å². The second kappa shape index (κ2) is 6.20. The number of halogens is 1. The molecule has 0 aliphatic carbocycles. The van der Waals surface area contributed by atoms with E-state index in [-0.39, 0.29) is 5.91 Å². The van der Waals surface area contributed by atoms with Gasteiger partial charge < -0.3 is 10.1 Å². The predicted molar refractivity (Wildman–Crippen MR) is 73.4 cm³/mol. The lowest BCUT2D eigenvalue weighted by Gasteiger charge is -2.11. The van der Waals surface area contributed by atoms with Gasteiger partial charge in [0.2, 0.25) is 0 Å². The van der Waals surface area contributed by atoms with E-state index in [2.05, 4.69) is 10.3 Å². The van der Waals surface area contributed by atoms with Crippen LogP contribution in [0.25, 0.3) is 0 Å². The molecule has 1 N–H and O–H groups in total. The Morgan fingerprint density at radius 1 is 1.32 bits per heavy atom. The Hall–Kier alpha value is -2.07. The molecular formula is C14H13ClN2O2. The zero-order valence-corrected chi connectivity index (χ0v) is 11.1. The van der Waals surface area contributed by atoms with Crippen molar-refractivity contribution in [2.24, 2.45) is 0 Å². The fourth-order valence-corrected chi connectivity index (χ4v) is 1.91. The summed E-state index contributed by atoms with van der Waals surface area (Å²) < 4.78 is 5.22. The zero-order valence-electron chi connectivity index (χ0n) is 10.4. The van der Waals surface area contributed by atoms with Crippen molar-refractivity contribution in [3.63, 3.8) is 0 Å². The van der Waals surface area contributed by atoms with Crippen molar-refractivity contribution in [2.45, 2.75) is 6.54 Å². The Labute approximate surface area is 116 Å². The van der Waals surface area contributed by atoms with Crippen LogP contribution in [0.2, 0.25) is 5.02 Å². The number of hydrogen-bond donors (Lipinski definition) is 1. The first-order valence-electron chi connectivity index (χ1n) is 5.72. The molecule has 2 aromatic rings. The van der Waals surface area contributed by atoms with Gasteiger partial charge in [0.15, 0.2) is 0 Å². The molecule has 1 amide bonds. The molecule has 1 heterocycles. The van der Waals surface area contributed by atoms with E-state index in [1.165, 1.54) is 0 Å². The molecule has 98 valence electrons. The molecule has 0 spiro atoms. The van der Waals surface area contributed by atoms with Gasteiger partial charge in [-0.1, -0.05) is 17.7 Å². The molecule has 19 heavy (non-hydrogen) atoms. The van der Waals surface area contributed by atoms with E-state index in [9.17, 15) is 4.79 Å². The number of carbonyl (C=O) groups is 1. The van der Waals surface area contributed by atoms with Crippen molar-refractivity contribution in [1.29, 1.82) is 0 Å². The molecule has 1 aromatic carbocycles. The molecular weight excluding hydrogens is 264 g/mol. The highest BCUT2D eigenvalue weighted by molar-refractivity contribution is 6.31. The summed E-state index contributed by atoms with van der Waals surface area (Å²) in [7, 11) is 1.57. The minimum Gasteiger partial charge on any atom is -0.496 e. The van der Waals surface area contributed by atoms with Crippen LogP contribution in [0.1, 0.15) is 15.9 Å². The van der Waals surface area contributed by atoms with Gasteiger partial charge in [-0.15, -0.1) is 0 Å². The molecule has 0 atom stereocenters. The minimum atomic E-state index is -0.177. The molecule has 0 saturated heterocycles. The summed E-state index contributed by atoms with van der Waals surface area (Å²) in [6.07, 6.45) is 3.15. The van der Waals surface area contributed by atoms with Crippen LogP contribution in [0.4, 0.5) is 0 Å². The maximum absolute atomic E-state index is 11.9. The van der Waals surface area contributed by atoms with Crippen LogP contribution >= 0.6 is 11.6 Å². The SMILES string of the molecule is COc1cccc(Cl)c1CNC(=O)c1ccncc1. The van der Waals surface area contributed by atoms with Gasteiger partial charge in [0, 0.05) is 35.1 Å². The van der Waals surface area contributed by atoms with Crippen LogP contribution < -0.4 is 10.1 Å². The summed E-state index contributed by atoms with van der Waals surface area (Å²) in [5.74, 6) is 0.479. The van der Waals surface area contributed by atoms with Gasteiger partial charge in [0.05, 0.1) is 7.11 Å². The zero-order chi connectivity index (χ0) is 13.7. The summed E-state index contributed by atoms with van der Waals surface area (Å²) in [6, 6.07) is 8.67. The molecule has 0 aliphatic rings. The average molecular weight is 277 g/mol. The second-order valence-electron chi connectivity index (χ2n) is 3.84. The Morgan fingerprint density at radius 3 is 2.74 bits per heavy atom. The number of amides is 1. The van der Waals surface area contributed by atoms with Crippen molar-refractivity contribution in [2.75, 3.05) is 7.11 Å². The van der Waals surface area contributed by atoms with Gasteiger partial charge in [-0.3, -0.25) is 9.78 Å². The number of methoxy groups -OCH3 is 1. The maximum Gasteiger partial charge on any atom is 0.251 e. The van der Waals surface area contributed by atoms with E-state index in [1.54, 1.807) is 49.8 Å². The molecule has 0 unspecified atom stereocenters. The third-order valence-electron chi connectivity index (χ3n) is 2.66. The first kappa shape index (κ1) is 13.4. The number of nitrogens with one attached hydrogen (secondary N) is 1. The van der Waals surface area contributed by atoms with E-state index in [1.807, 2.05) is 0 Å². The third kappa shape index (κ3) is 3.23. The van der Waals surface area contributed by atoms with Crippen LogP contribution in [0, 0.1) is 0 Å². The number of pyridine rings is 1. The van der Waals surface area contributed by atoms with Gasteiger partial charge in [0.25, 0.3) is 5.91 Å². The van der Waals surface area contributed by atoms with Crippen molar-refractivity contribution in [3.05, 3.63) is 58.9 Å². The summed E-state index contributed by atoms with van der Waals surface area (Å²) in [5, 5.41) is 3.36. The maximum atomic E-state index is 11.9. The molecule has 0 radical (unpaired) electrons. The van der Waals surface area contributed by atoms with Gasteiger partial charge in [0.1, 0.15) is 5.75 Å². The summed E-state index contributed by atoms with van der Waals surface area (Å²) >= 11 is 6.10. The van der Waals surface area contributed by atoms with Gasteiger partial charge in [-0.25, -0.2) is 0 Å². The first-order valence-corrected chi connectivity index (χ1v) is 6.09. The van der Waals surface area contributed by atoms with Crippen molar-refractivity contribution >= 4 is 17.5 Å². The van der Waals surface area contributed by atoms with Gasteiger partial charge in [-0.05, 0) is 24.3 Å². The van der Waals surface area contributed by atoms with Crippen LogP contribution in [-0.4, -0.2) is 18.0 Å². The number of rotatable bonds is 4. The molecule has 2 rings (SSSR count). The molecule has 5 heteroatoms. The van der Waals surface area contributed by atoms with E-state index >= 15 is 0 Å². The molecule has 1 aromatic heterocycles. The normalized spacial score (nSPS) is 10.0. The van der Waals surface area contributed by atoms with E-state index in [0.717, 1.165) is 5.56 Å². The summed E-state index contributed by atoms with van der Waals surface area (Å²) in [5.41, 5.74) is 1.31. The predicted octanol–water partition coefficient (Wildman–Crippen LogP) is 2.67. The highest BCUT2D eigenvalue weighted by Crippen LogP contribution is 2.25. The number of nitrogens with zero attached hydrogens (tertiary/aromatic N) is 1. The Kier molecular flexibility index (Phi) is 4.36. The largest absolute Gasteiger partial charge is 0.496 e. The van der Waals surface area contributed by atoms with Gasteiger partial charge in [-0.2, -0.15) is 0 Å². The topological polar surface area (TPSA) is 51.2 Å². The fraction of sp³-hybridized carbons (Fsp3) is 0.143. The lowest BCUT2D eigenvalue weighted by atomic mass is 10.2. The Balaban J connectivity index is 2.09.